The third-order valence-corrected chi connectivity index (χ3v) is 3.73. The summed E-state index contributed by atoms with van der Waals surface area (Å²) in [4.78, 5) is 0. The molecular weight excluding hydrogens is 250 g/mol. The number of rotatable bonds is 4. The maximum Gasteiger partial charge on any atom is 0.122 e. The van der Waals surface area contributed by atoms with Gasteiger partial charge in [0.2, 0.25) is 0 Å². The van der Waals surface area contributed by atoms with Gasteiger partial charge in [-0.3, -0.25) is 0 Å². The molecule has 1 unspecified atom stereocenters. The Bertz CT molecular complexity index is 592. The molecule has 0 spiro atoms. The smallest absolute Gasteiger partial charge is 0.122 e. The first-order valence-corrected chi connectivity index (χ1v) is 7.07. The second kappa shape index (κ2) is 5.45. The van der Waals surface area contributed by atoms with Gasteiger partial charge in [0.05, 0.1) is 12.6 Å². The van der Waals surface area contributed by atoms with E-state index in [0.29, 0.717) is 5.75 Å². The Morgan fingerprint density at radius 1 is 1.20 bits per heavy atom. The summed E-state index contributed by atoms with van der Waals surface area (Å²) in [6.45, 7) is 2.96. The van der Waals surface area contributed by atoms with E-state index >= 15 is 0 Å². The van der Waals surface area contributed by atoms with Crippen LogP contribution in [0.15, 0.2) is 42.5 Å². The van der Waals surface area contributed by atoms with Gasteiger partial charge < -0.3 is 15.2 Å². The van der Waals surface area contributed by atoms with Crippen LogP contribution in [0.4, 0.5) is 5.69 Å². The van der Waals surface area contributed by atoms with Crippen molar-refractivity contribution in [3.8, 4) is 11.5 Å². The molecule has 0 radical (unpaired) electrons. The molecule has 3 nitrogen and oxygen atoms in total. The zero-order valence-corrected chi connectivity index (χ0v) is 11.6. The van der Waals surface area contributed by atoms with Gasteiger partial charge in [0.25, 0.3) is 0 Å². The molecule has 3 rings (SSSR count). The van der Waals surface area contributed by atoms with Crippen LogP contribution in [0.1, 0.15) is 30.5 Å². The minimum absolute atomic E-state index is 0.269. The molecule has 0 saturated carbocycles. The number of nitrogens with one attached hydrogen (secondary N) is 1. The number of hydrogen-bond acceptors (Lipinski definition) is 3. The number of ether oxygens (including phenoxy) is 1. The van der Waals surface area contributed by atoms with Gasteiger partial charge in [-0.25, -0.2) is 0 Å². The monoisotopic (exact) mass is 269 g/mol. The van der Waals surface area contributed by atoms with E-state index in [1.807, 2.05) is 12.1 Å². The zero-order chi connectivity index (χ0) is 13.9. The van der Waals surface area contributed by atoms with Crippen LogP contribution in [0.3, 0.4) is 0 Å². The molecular formula is C17H19NO2. The van der Waals surface area contributed by atoms with Gasteiger partial charge in [0, 0.05) is 12.1 Å². The fourth-order valence-corrected chi connectivity index (χ4v) is 2.60. The molecule has 1 aliphatic rings. The average Bonchev–Trinajstić information content (AvgIpc) is 2.94. The van der Waals surface area contributed by atoms with Gasteiger partial charge in [0.1, 0.15) is 11.5 Å². The molecule has 0 bridgehead atoms. The summed E-state index contributed by atoms with van der Waals surface area (Å²) in [5.41, 5.74) is 3.60. The summed E-state index contributed by atoms with van der Waals surface area (Å²) in [6, 6.07) is 13.9. The minimum Gasteiger partial charge on any atom is -0.508 e. The molecule has 1 aliphatic heterocycles. The van der Waals surface area contributed by atoms with Crippen LogP contribution in [0.25, 0.3) is 0 Å². The van der Waals surface area contributed by atoms with E-state index in [1.54, 1.807) is 12.1 Å². The van der Waals surface area contributed by atoms with Crippen molar-refractivity contribution in [3.05, 3.63) is 53.6 Å². The molecule has 3 heteroatoms. The maximum atomic E-state index is 9.33. The summed E-state index contributed by atoms with van der Waals surface area (Å²) in [7, 11) is 0. The summed E-state index contributed by atoms with van der Waals surface area (Å²) in [5, 5.41) is 12.8. The molecule has 1 heterocycles. The van der Waals surface area contributed by atoms with Crippen molar-refractivity contribution in [2.24, 2.45) is 0 Å². The average molecular weight is 269 g/mol. The molecule has 2 aromatic rings. The van der Waals surface area contributed by atoms with Crippen LogP contribution < -0.4 is 10.1 Å². The molecule has 2 N–H and O–H groups in total. The molecule has 0 amide bonds. The number of aromatic hydroxyl groups is 1. The first-order chi connectivity index (χ1) is 9.76. The SMILES string of the molecule is CCC(Nc1ccc(O)cc1)c1ccc2c(c1)CCO2. The maximum absolute atomic E-state index is 9.33. The number of benzene rings is 2. The van der Waals surface area contributed by atoms with Crippen LogP contribution in [-0.4, -0.2) is 11.7 Å². The topological polar surface area (TPSA) is 41.5 Å². The van der Waals surface area contributed by atoms with Gasteiger partial charge in [-0.15, -0.1) is 0 Å². The highest BCUT2D eigenvalue weighted by Gasteiger charge is 2.16. The number of hydrogen-bond donors (Lipinski definition) is 2. The second-order valence-electron chi connectivity index (χ2n) is 5.12. The van der Waals surface area contributed by atoms with E-state index in [4.69, 9.17) is 4.74 Å². The van der Waals surface area contributed by atoms with Gasteiger partial charge in [-0.2, -0.15) is 0 Å². The van der Waals surface area contributed by atoms with Gasteiger partial charge >= 0.3 is 0 Å². The van der Waals surface area contributed by atoms with Crippen molar-refractivity contribution in [2.45, 2.75) is 25.8 Å². The molecule has 1 atom stereocenters. The van der Waals surface area contributed by atoms with E-state index in [9.17, 15) is 5.11 Å². The highest BCUT2D eigenvalue weighted by molar-refractivity contribution is 5.49. The lowest BCUT2D eigenvalue weighted by atomic mass is 10.0. The Kier molecular flexibility index (Phi) is 3.50. The number of phenolic OH excluding ortho intramolecular Hbond substituents is 1. The summed E-state index contributed by atoms with van der Waals surface area (Å²) >= 11 is 0. The Morgan fingerprint density at radius 2 is 2.00 bits per heavy atom. The number of phenols is 1. The predicted molar refractivity (Wildman–Crippen MR) is 80.4 cm³/mol. The molecule has 0 aliphatic carbocycles. The van der Waals surface area contributed by atoms with Crippen molar-refractivity contribution in [2.75, 3.05) is 11.9 Å². The lowest BCUT2D eigenvalue weighted by molar-refractivity contribution is 0.357. The molecule has 20 heavy (non-hydrogen) atoms. The predicted octanol–water partition coefficient (Wildman–Crippen LogP) is 3.89. The summed E-state index contributed by atoms with van der Waals surface area (Å²) < 4.78 is 5.55. The summed E-state index contributed by atoms with van der Waals surface area (Å²) in [6.07, 6.45) is 2.00. The van der Waals surface area contributed by atoms with Crippen molar-refractivity contribution in [1.29, 1.82) is 0 Å². The van der Waals surface area contributed by atoms with Crippen molar-refractivity contribution < 1.29 is 9.84 Å². The van der Waals surface area contributed by atoms with Crippen LogP contribution in [0.2, 0.25) is 0 Å². The van der Waals surface area contributed by atoms with E-state index in [0.717, 1.165) is 30.9 Å². The van der Waals surface area contributed by atoms with Crippen LogP contribution in [0, 0.1) is 0 Å². The third-order valence-electron chi connectivity index (χ3n) is 3.73. The lowest BCUT2D eigenvalue weighted by Gasteiger charge is -2.19. The molecule has 0 saturated heterocycles. The van der Waals surface area contributed by atoms with Crippen LogP contribution in [-0.2, 0) is 6.42 Å². The third kappa shape index (κ3) is 2.57. The highest BCUT2D eigenvalue weighted by Crippen LogP contribution is 2.30. The standard InChI is InChI=1S/C17H19NO2/c1-2-16(18-14-4-6-15(19)7-5-14)12-3-8-17-13(11-12)9-10-20-17/h3-8,11,16,18-19H,2,9-10H2,1H3. The fourth-order valence-electron chi connectivity index (χ4n) is 2.60. The minimum atomic E-state index is 0.269. The van der Waals surface area contributed by atoms with Gasteiger partial charge in [0.15, 0.2) is 0 Å². The van der Waals surface area contributed by atoms with E-state index < -0.39 is 0 Å². The molecule has 2 aromatic carbocycles. The van der Waals surface area contributed by atoms with Crippen molar-refractivity contribution >= 4 is 5.69 Å². The highest BCUT2D eigenvalue weighted by atomic mass is 16.5. The Labute approximate surface area is 119 Å². The first-order valence-electron chi connectivity index (χ1n) is 7.07. The quantitative estimate of drug-likeness (QED) is 0.827. The van der Waals surface area contributed by atoms with E-state index in [1.165, 1.54) is 11.1 Å². The van der Waals surface area contributed by atoms with Gasteiger partial charge in [-0.1, -0.05) is 13.0 Å². The van der Waals surface area contributed by atoms with Crippen LogP contribution in [0.5, 0.6) is 11.5 Å². The molecule has 104 valence electrons. The van der Waals surface area contributed by atoms with E-state index in [-0.39, 0.29) is 6.04 Å². The number of anilines is 1. The van der Waals surface area contributed by atoms with E-state index in [2.05, 4.69) is 30.4 Å². The molecule has 0 fully saturated rings. The Hall–Kier alpha value is -2.16. The van der Waals surface area contributed by atoms with Gasteiger partial charge in [-0.05, 0) is 53.9 Å². The number of fused-ring (bicyclic) bond motifs is 1. The van der Waals surface area contributed by atoms with Crippen molar-refractivity contribution in [3.63, 3.8) is 0 Å². The largest absolute Gasteiger partial charge is 0.508 e. The molecule has 0 aromatic heterocycles. The normalized spacial score (nSPS) is 14.4. The summed E-state index contributed by atoms with van der Waals surface area (Å²) in [5.74, 6) is 1.31. The second-order valence-corrected chi connectivity index (χ2v) is 5.12. The zero-order valence-electron chi connectivity index (χ0n) is 11.6. The Morgan fingerprint density at radius 3 is 2.75 bits per heavy atom. The Balaban J connectivity index is 1.81. The van der Waals surface area contributed by atoms with Crippen LogP contribution >= 0.6 is 0 Å². The van der Waals surface area contributed by atoms with Crippen molar-refractivity contribution in [1.82, 2.24) is 0 Å². The fraction of sp³-hybridized carbons (Fsp3) is 0.294. The lowest BCUT2D eigenvalue weighted by Crippen LogP contribution is -2.09. The first kappa shape index (κ1) is 12.9.